The predicted molar refractivity (Wildman–Crippen MR) is 171 cm³/mol. The van der Waals surface area contributed by atoms with Crippen LogP contribution in [0.25, 0.3) is 11.1 Å². The molecule has 5 aromatic rings. The molecule has 0 spiro atoms. The average molecular weight is 604 g/mol. The average Bonchev–Trinajstić information content (AvgIpc) is 3.07. The second-order valence-corrected chi connectivity index (χ2v) is 10.5. The van der Waals surface area contributed by atoms with Crippen molar-refractivity contribution in [3.05, 3.63) is 142 Å². The van der Waals surface area contributed by atoms with Gasteiger partial charge in [0, 0.05) is 6.07 Å². The number of nitriles is 1. The summed E-state index contributed by atoms with van der Waals surface area (Å²) in [5.41, 5.74) is 6.93. The molecule has 0 unspecified atom stereocenters. The van der Waals surface area contributed by atoms with Crippen LogP contribution in [0.1, 0.15) is 38.2 Å². The van der Waals surface area contributed by atoms with Gasteiger partial charge in [0.15, 0.2) is 6.29 Å². The Labute approximate surface area is 262 Å². The van der Waals surface area contributed by atoms with Gasteiger partial charge in [0.25, 0.3) is 0 Å². The maximum Gasteiger partial charge on any atom is 0.153 e. The quantitative estimate of drug-likeness (QED) is 0.133. The van der Waals surface area contributed by atoms with Crippen molar-refractivity contribution in [1.82, 2.24) is 0 Å². The molecule has 0 amide bonds. The van der Waals surface area contributed by atoms with E-state index in [4.69, 9.17) is 35.8 Å². The Kier molecular flexibility index (Phi) is 9.81. The molecule has 0 aliphatic heterocycles. The summed E-state index contributed by atoms with van der Waals surface area (Å²) in [7, 11) is 1.65. The van der Waals surface area contributed by atoms with E-state index in [1.807, 2.05) is 66.7 Å². The first-order valence-corrected chi connectivity index (χ1v) is 14.3. The monoisotopic (exact) mass is 603 g/mol. The topological polar surface area (TPSA) is 77.8 Å². The molecule has 7 heteroatoms. The van der Waals surface area contributed by atoms with E-state index in [9.17, 15) is 4.79 Å². The third-order valence-corrected chi connectivity index (χ3v) is 7.50. The molecule has 6 nitrogen and oxygen atoms in total. The van der Waals surface area contributed by atoms with E-state index in [1.165, 1.54) is 6.07 Å². The van der Waals surface area contributed by atoms with E-state index in [1.54, 1.807) is 31.4 Å². The highest BCUT2D eigenvalue weighted by Crippen LogP contribution is 2.34. The van der Waals surface area contributed by atoms with Gasteiger partial charge in [-0.1, -0.05) is 66.2 Å². The molecule has 0 bridgehead atoms. The lowest BCUT2D eigenvalue weighted by atomic mass is 9.97. The maximum absolute atomic E-state index is 11.7. The summed E-state index contributed by atoms with van der Waals surface area (Å²) < 4.78 is 23.2. The summed E-state index contributed by atoms with van der Waals surface area (Å²) in [6.07, 6.45) is 0.694. The summed E-state index contributed by atoms with van der Waals surface area (Å²) in [5, 5.41) is 9.46. The standard InChI is InChI=1S/C37H30ClNO5/c1-25-30(7-4-8-34(25)29-11-15-33(16-12-29)42-22-26-9-13-32(41-2)14-10-26)24-44-37-19-36(31(21-40)18-35(37)38)43-23-28-6-3-5-27(17-28)20-39/h3-19,21H,22-24H2,1-2H3. The fourth-order valence-electron chi connectivity index (χ4n) is 4.70. The lowest BCUT2D eigenvalue weighted by molar-refractivity contribution is 0.111. The second kappa shape index (κ2) is 14.3. The summed E-state index contributed by atoms with van der Waals surface area (Å²) in [5.74, 6) is 2.35. The smallest absolute Gasteiger partial charge is 0.153 e. The Morgan fingerprint density at radius 3 is 2.18 bits per heavy atom. The molecule has 0 saturated heterocycles. The first-order valence-electron chi connectivity index (χ1n) is 14.0. The fourth-order valence-corrected chi connectivity index (χ4v) is 4.92. The van der Waals surface area contributed by atoms with Crippen LogP contribution in [-0.2, 0) is 19.8 Å². The molecule has 0 atom stereocenters. The summed E-state index contributed by atoms with van der Waals surface area (Å²) in [6, 6.07) is 34.3. The van der Waals surface area contributed by atoms with Crippen molar-refractivity contribution < 1.29 is 23.7 Å². The van der Waals surface area contributed by atoms with Crippen molar-refractivity contribution in [2.75, 3.05) is 7.11 Å². The number of rotatable bonds is 12. The Bertz CT molecular complexity index is 1790. The van der Waals surface area contributed by atoms with Gasteiger partial charge in [-0.25, -0.2) is 0 Å². The van der Waals surface area contributed by atoms with Gasteiger partial charge in [0.1, 0.15) is 42.8 Å². The van der Waals surface area contributed by atoms with Crippen LogP contribution in [0.2, 0.25) is 5.02 Å². The number of halogens is 1. The SMILES string of the molecule is COc1ccc(COc2ccc(-c3cccc(COc4cc(OCc5cccc(C#N)c5)c(C=O)cc4Cl)c3C)cc2)cc1. The molecule has 0 N–H and O–H groups in total. The van der Waals surface area contributed by atoms with Gasteiger partial charge < -0.3 is 18.9 Å². The molecule has 0 radical (unpaired) electrons. The summed E-state index contributed by atoms with van der Waals surface area (Å²) in [6.45, 7) is 2.98. The number of hydrogen-bond acceptors (Lipinski definition) is 6. The molecule has 44 heavy (non-hydrogen) atoms. The Balaban J connectivity index is 1.26. The Morgan fingerprint density at radius 2 is 1.45 bits per heavy atom. The number of carbonyl (C=O) groups excluding carboxylic acids is 1. The van der Waals surface area contributed by atoms with Crippen molar-refractivity contribution in [3.8, 4) is 40.2 Å². The number of aldehydes is 1. The molecular weight excluding hydrogens is 574 g/mol. The summed E-state index contributed by atoms with van der Waals surface area (Å²) in [4.78, 5) is 11.7. The van der Waals surface area contributed by atoms with Gasteiger partial charge >= 0.3 is 0 Å². The second-order valence-electron chi connectivity index (χ2n) is 10.1. The Morgan fingerprint density at radius 1 is 0.750 bits per heavy atom. The zero-order valence-electron chi connectivity index (χ0n) is 24.4. The van der Waals surface area contributed by atoms with Crippen molar-refractivity contribution in [3.63, 3.8) is 0 Å². The van der Waals surface area contributed by atoms with Gasteiger partial charge in [-0.3, -0.25) is 4.79 Å². The van der Waals surface area contributed by atoms with Gasteiger partial charge in [-0.05, 0) is 82.8 Å². The molecule has 5 rings (SSSR count). The van der Waals surface area contributed by atoms with Gasteiger partial charge in [0.05, 0.1) is 29.3 Å². The molecule has 0 saturated carbocycles. The van der Waals surface area contributed by atoms with Crippen LogP contribution in [0.3, 0.4) is 0 Å². The number of carbonyl (C=O) groups is 1. The largest absolute Gasteiger partial charge is 0.497 e. The zero-order chi connectivity index (χ0) is 30.9. The van der Waals surface area contributed by atoms with Crippen LogP contribution in [-0.4, -0.2) is 13.4 Å². The molecule has 0 aliphatic carbocycles. The van der Waals surface area contributed by atoms with E-state index in [0.29, 0.717) is 40.5 Å². The van der Waals surface area contributed by atoms with Crippen LogP contribution >= 0.6 is 11.6 Å². The molecular formula is C37H30ClNO5. The first kappa shape index (κ1) is 30.2. The minimum Gasteiger partial charge on any atom is -0.497 e. The minimum absolute atomic E-state index is 0.184. The van der Waals surface area contributed by atoms with Crippen LogP contribution in [0, 0.1) is 18.3 Å². The molecule has 0 aliphatic rings. The van der Waals surface area contributed by atoms with Crippen LogP contribution < -0.4 is 18.9 Å². The lowest BCUT2D eigenvalue weighted by Crippen LogP contribution is -2.02. The van der Waals surface area contributed by atoms with Crippen LogP contribution in [0.4, 0.5) is 0 Å². The number of hydrogen-bond donors (Lipinski definition) is 0. The number of ether oxygens (including phenoxy) is 4. The third kappa shape index (κ3) is 7.38. The molecule has 0 fully saturated rings. The van der Waals surface area contributed by atoms with E-state index in [2.05, 4.69) is 19.1 Å². The number of benzene rings is 5. The predicted octanol–water partition coefficient (Wildman–Crippen LogP) is 8.75. The number of nitrogens with zero attached hydrogens (tertiary/aromatic N) is 1. The fraction of sp³-hybridized carbons (Fsp3) is 0.135. The highest BCUT2D eigenvalue weighted by atomic mass is 35.5. The van der Waals surface area contributed by atoms with E-state index < -0.39 is 0 Å². The van der Waals surface area contributed by atoms with E-state index >= 15 is 0 Å². The molecule has 220 valence electrons. The Hall–Kier alpha value is -5.25. The number of methoxy groups -OCH3 is 1. The first-order chi connectivity index (χ1) is 21.5. The van der Waals surface area contributed by atoms with Crippen molar-refractivity contribution >= 4 is 17.9 Å². The summed E-state index contributed by atoms with van der Waals surface area (Å²) >= 11 is 6.47. The minimum atomic E-state index is 0.184. The van der Waals surface area contributed by atoms with Gasteiger partial charge in [0.2, 0.25) is 0 Å². The molecule has 0 heterocycles. The normalized spacial score (nSPS) is 10.5. The third-order valence-electron chi connectivity index (χ3n) is 7.20. The maximum atomic E-state index is 11.7. The van der Waals surface area contributed by atoms with Gasteiger partial charge in [-0.15, -0.1) is 0 Å². The van der Waals surface area contributed by atoms with Gasteiger partial charge in [-0.2, -0.15) is 5.26 Å². The van der Waals surface area contributed by atoms with Crippen molar-refractivity contribution in [2.45, 2.75) is 26.7 Å². The van der Waals surface area contributed by atoms with Crippen LogP contribution in [0.15, 0.2) is 103 Å². The highest BCUT2D eigenvalue weighted by Gasteiger charge is 2.13. The molecule has 0 aromatic heterocycles. The zero-order valence-corrected chi connectivity index (χ0v) is 25.1. The van der Waals surface area contributed by atoms with Crippen molar-refractivity contribution in [1.29, 1.82) is 5.26 Å². The highest BCUT2D eigenvalue weighted by molar-refractivity contribution is 6.32. The van der Waals surface area contributed by atoms with Crippen molar-refractivity contribution in [2.24, 2.45) is 0 Å². The van der Waals surface area contributed by atoms with E-state index in [0.717, 1.165) is 44.9 Å². The molecule has 5 aromatic carbocycles. The van der Waals surface area contributed by atoms with Crippen LogP contribution in [0.5, 0.6) is 23.0 Å². The lowest BCUT2D eigenvalue weighted by Gasteiger charge is -2.16. The van der Waals surface area contributed by atoms with E-state index in [-0.39, 0.29) is 13.2 Å².